The van der Waals surface area contributed by atoms with Crippen LogP contribution in [-0.4, -0.2) is 34.7 Å². The Hall–Kier alpha value is -2.10. The highest BCUT2D eigenvalue weighted by atomic mass is 16.2. The van der Waals surface area contributed by atoms with Crippen molar-refractivity contribution in [1.29, 1.82) is 0 Å². The first-order chi connectivity index (χ1) is 11.2. The summed E-state index contributed by atoms with van der Waals surface area (Å²) >= 11 is 0. The van der Waals surface area contributed by atoms with E-state index in [4.69, 9.17) is 0 Å². The molecule has 1 aliphatic heterocycles. The van der Waals surface area contributed by atoms with Crippen LogP contribution < -0.4 is 0 Å². The third-order valence-electron chi connectivity index (χ3n) is 4.77. The molecule has 122 valence electrons. The fourth-order valence-corrected chi connectivity index (χ4v) is 3.36. The quantitative estimate of drug-likeness (QED) is 0.857. The zero-order chi connectivity index (χ0) is 16.1. The van der Waals surface area contributed by atoms with Crippen molar-refractivity contribution in [3.63, 3.8) is 0 Å². The molecule has 0 saturated heterocycles. The maximum absolute atomic E-state index is 12.5. The van der Waals surface area contributed by atoms with Gasteiger partial charge < -0.3 is 9.80 Å². The lowest BCUT2D eigenvalue weighted by atomic mass is 9.88. The van der Waals surface area contributed by atoms with Crippen molar-refractivity contribution in [2.24, 2.45) is 5.92 Å². The summed E-state index contributed by atoms with van der Waals surface area (Å²) in [6.07, 6.45) is 9.79. The second-order valence-corrected chi connectivity index (χ2v) is 6.42. The standard InChI is InChI=1S/C19H24N2O2/c22-18-15-21(19(23)17-9-5-2-6-10-17)14-13-20(18)12-11-16-7-3-1-4-8-16/h1,3-4,7-8,13-14,17H,2,5-6,9-12,15H2. The minimum atomic E-state index is 0.00703. The van der Waals surface area contributed by atoms with E-state index in [0.717, 1.165) is 32.1 Å². The third-order valence-corrected chi connectivity index (χ3v) is 4.77. The normalized spacial score (nSPS) is 19.2. The van der Waals surface area contributed by atoms with Crippen LogP contribution in [0.25, 0.3) is 0 Å². The second-order valence-electron chi connectivity index (χ2n) is 6.42. The van der Waals surface area contributed by atoms with Gasteiger partial charge in [-0.05, 0) is 24.8 Å². The number of carbonyl (C=O) groups excluding carboxylic acids is 2. The molecule has 1 aromatic carbocycles. The molecule has 3 rings (SSSR count). The van der Waals surface area contributed by atoms with Crippen LogP contribution in [0.2, 0.25) is 0 Å². The Morgan fingerprint density at radius 3 is 2.48 bits per heavy atom. The van der Waals surface area contributed by atoms with E-state index in [1.807, 2.05) is 18.2 Å². The maximum atomic E-state index is 12.5. The second kappa shape index (κ2) is 7.44. The van der Waals surface area contributed by atoms with E-state index in [9.17, 15) is 9.59 Å². The van der Waals surface area contributed by atoms with Gasteiger partial charge in [-0.2, -0.15) is 0 Å². The Kier molecular flexibility index (Phi) is 5.11. The van der Waals surface area contributed by atoms with Crippen molar-refractivity contribution in [3.05, 3.63) is 48.3 Å². The maximum Gasteiger partial charge on any atom is 0.246 e. The summed E-state index contributed by atoms with van der Waals surface area (Å²) in [7, 11) is 0. The van der Waals surface area contributed by atoms with Gasteiger partial charge in [-0.1, -0.05) is 49.6 Å². The van der Waals surface area contributed by atoms with Gasteiger partial charge in [0.2, 0.25) is 11.8 Å². The van der Waals surface area contributed by atoms with Crippen LogP contribution in [0, 0.1) is 5.92 Å². The van der Waals surface area contributed by atoms with Crippen molar-refractivity contribution in [3.8, 4) is 0 Å². The molecular weight excluding hydrogens is 288 g/mol. The largest absolute Gasteiger partial charge is 0.316 e. The number of hydrogen-bond acceptors (Lipinski definition) is 2. The predicted octanol–water partition coefficient (Wildman–Crippen LogP) is 2.95. The summed E-state index contributed by atoms with van der Waals surface area (Å²) in [5.74, 6) is 0.238. The number of nitrogens with zero attached hydrogens (tertiary/aromatic N) is 2. The summed E-state index contributed by atoms with van der Waals surface area (Å²) in [6, 6.07) is 10.1. The molecule has 0 unspecified atom stereocenters. The molecule has 0 bridgehead atoms. The lowest BCUT2D eigenvalue weighted by Gasteiger charge is -2.31. The van der Waals surface area contributed by atoms with Crippen LogP contribution in [0.1, 0.15) is 37.7 Å². The summed E-state index contributed by atoms with van der Waals surface area (Å²) < 4.78 is 0. The van der Waals surface area contributed by atoms with Crippen LogP contribution in [-0.2, 0) is 16.0 Å². The Morgan fingerprint density at radius 1 is 1.04 bits per heavy atom. The number of hydrogen-bond donors (Lipinski definition) is 0. The molecule has 0 radical (unpaired) electrons. The Labute approximate surface area is 137 Å². The molecule has 0 N–H and O–H groups in total. The first kappa shape index (κ1) is 15.8. The first-order valence-corrected chi connectivity index (χ1v) is 8.56. The first-order valence-electron chi connectivity index (χ1n) is 8.56. The van der Waals surface area contributed by atoms with Crippen LogP contribution in [0.15, 0.2) is 42.7 Å². The highest BCUT2D eigenvalue weighted by molar-refractivity contribution is 5.88. The molecular formula is C19H24N2O2. The van der Waals surface area contributed by atoms with Crippen LogP contribution in [0.4, 0.5) is 0 Å². The third kappa shape index (κ3) is 4.01. The summed E-state index contributed by atoms with van der Waals surface area (Å²) in [5.41, 5.74) is 1.22. The van der Waals surface area contributed by atoms with E-state index >= 15 is 0 Å². The van der Waals surface area contributed by atoms with Gasteiger partial charge in [0.15, 0.2) is 0 Å². The van der Waals surface area contributed by atoms with Gasteiger partial charge in [0, 0.05) is 24.9 Å². The van der Waals surface area contributed by atoms with Gasteiger partial charge >= 0.3 is 0 Å². The van der Waals surface area contributed by atoms with Crippen molar-refractivity contribution in [1.82, 2.24) is 9.80 Å². The van der Waals surface area contributed by atoms with E-state index in [2.05, 4.69) is 12.1 Å². The molecule has 4 heteroatoms. The molecule has 2 amide bonds. The van der Waals surface area contributed by atoms with Gasteiger partial charge in [0.25, 0.3) is 0 Å². The number of amides is 2. The van der Waals surface area contributed by atoms with E-state index in [0.29, 0.717) is 6.54 Å². The minimum Gasteiger partial charge on any atom is -0.316 e. The Balaban J connectivity index is 1.55. The molecule has 1 fully saturated rings. The molecule has 2 aliphatic rings. The fraction of sp³-hybridized carbons (Fsp3) is 0.474. The molecule has 0 aromatic heterocycles. The highest BCUT2D eigenvalue weighted by Gasteiger charge is 2.29. The van der Waals surface area contributed by atoms with Crippen molar-refractivity contribution >= 4 is 11.8 Å². The van der Waals surface area contributed by atoms with E-state index in [1.54, 1.807) is 22.2 Å². The minimum absolute atomic E-state index is 0.00703. The molecule has 0 atom stereocenters. The average Bonchev–Trinajstić information content (AvgIpc) is 2.61. The average molecular weight is 312 g/mol. The van der Waals surface area contributed by atoms with Crippen LogP contribution >= 0.6 is 0 Å². The van der Waals surface area contributed by atoms with E-state index < -0.39 is 0 Å². The highest BCUT2D eigenvalue weighted by Crippen LogP contribution is 2.26. The number of rotatable bonds is 4. The summed E-state index contributed by atoms with van der Waals surface area (Å²) in [6.45, 7) is 0.839. The fourth-order valence-electron chi connectivity index (χ4n) is 3.36. The molecule has 1 heterocycles. The van der Waals surface area contributed by atoms with Gasteiger partial charge in [-0.3, -0.25) is 9.59 Å². The smallest absolute Gasteiger partial charge is 0.246 e. The summed E-state index contributed by atoms with van der Waals surface area (Å²) in [4.78, 5) is 28.1. The van der Waals surface area contributed by atoms with Gasteiger partial charge in [0.05, 0.1) is 0 Å². The molecule has 1 aromatic rings. The molecule has 1 saturated carbocycles. The zero-order valence-corrected chi connectivity index (χ0v) is 13.5. The number of benzene rings is 1. The lowest BCUT2D eigenvalue weighted by Crippen LogP contribution is -2.45. The predicted molar refractivity (Wildman–Crippen MR) is 89.3 cm³/mol. The SMILES string of the molecule is O=C1CN(C(=O)C2CCCCC2)C=CN1CCc1ccccc1. The van der Waals surface area contributed by atoms with Crippen LogP contribution in [0.5, 0.6) is 0 Å². The number of carbonyl (C=O) groups is 2. The van der Waals surface area contributed by atoms with Crippen LogP contribution in [0.3, 0.4) is 0 Å². The lowest BCUT2D eigenvalue weighted by molar-refractivity contribution is -0.141. The van der Waals surface area contributed by atoms with Gasteiger partial charge in [0.1, 0.15) is 6.54 Å². The Morgan fingerprint density at radius 2 is 1.78 bits per heavy atom. The zero-order valence-electron chi connectivity index (χ0n) is 13.5. The monoisotopic (exact) mass is 312 g/mol. The molecule has 4 nitrogen and oxygen atoms in total. The van der Waals surface area contributed by atoms with E-state index in [-0.39, 0.29) is 24.3 Å². The van der Waals surface area contributed by atoms with Crippen molar-refractivity contribution in [2.45, 2.75) is 38.5 Å². The molecule has 0 spiro atoms. The molecule has 1 aliphatic carbocycles. The summed E-state index contributed by atoms with van der Waals surface area (Å²) in [5, 5.41) is 0. The topological polar surface area (TPSA) is 40.6 Å². The van der Waals surface area contributed by atoms with E-state index in [1.165, 1.54) is 12.0 Å². The van der Waals surface area contributed by atoms with Crippen molar-refractivity contribution < 1.29 is 9.59 Å². The van der Waals surface area contributed by atoms with Gasteiger partial charge in [-0.25, -0.2) is 0 Å². The van der Waals surface area contributed by atoms with Gasteiger partial charge in [-0.15, -0.1) is 0 Å². The molecule has 23 heavy (non-hydrogen) atoms. The van der Waals surface area contributed by atoms with Crippen molar-refractivity contribution in [2.75, 3.05) is 13.1 Å². The Bertz CT molecular complexity index is 576.